The van der Waals surface area contributed by atoms with Crippen LogP contribution in [0.4, 0.5) is 4.79 Å². The van der Waals surface area contributed by atoms with Crippen LogP contribution in [0.5, 0.6) is 0 Å². The molecule has 0 saturated carbocycles. The zero-order valence-corrected chi connectivity index (χ0v) is 17.5. The Bertz CT molecular complexity index is 1030. The molecule has 1 aliphatic heterocycles. The van der Waals surface area contributed by atoms with Crippen LogP contribution in [0.2, 0.25) is 0 Å². The van der Waals surface area contributed by atoms with Crippen LogP contribution in [0.1, 0.15) is 35.3 Å². The van der Waals surface area contributed by atoms with Gasteiger partial charge in [-0.25, -0.2) is 4.79 Å². The fourth-order valence-corrected chi connectivity index (χ4v) is 4.03. The summed E-state index contributed by atoms with van der Waals surface area (Å²) in [6, 6.07) is 28.2. The average Bonchev–Trinajstić information content (AvgIpc) is 2.83. The minimum atomic E-state index is -0.974. The minimum Gasteiger partial charge on any atom is -0.481 e. The number of amides is 1. The van der Waals surface area contributed by atoms with Crippen molar-refractivity contribution in [1.29, 1.82) is 0 Å². The van der Waals surface area contributed by atoms with Crippen LogP contribution in [0.3, 0.4) is 0 Å². The van der Waals surface area contributed by atoms with Gasteiger partial charge in [0, 0.05) is 0 Å². The van der Waals surface area contributed by atoms with Crippen molar-refractivity contribution in [2.75, 3.05) is 6.54 Å². The van der Waals surface area contributed by atoms with Crippen LogP contribution < -0.4 is 0 Å². The predicted octanol–water partition coefficient (Wildman–Crippen LogP) is 4.98. The Kier molecular flexibility index (Phi) is 6.82. The van der Waals surface area contributed by atoms with Crippen molar-refractivity contribution in [3.05, 3.63) is 108 Å². The molecule has 0 aliphatic carbocycles. The van der Waals surface area contributed by atoms with Crippen molar-refractivity contribution in [3.8, 4) is 0 Å². The molecule has 1 saturated heterocycles. The zero-order chi connectivity index (χ0) is 22.3. The summed E-state index contributed by atoms with van der Waals surface area (Å²) in [5, 5.41) is 9.37. The lowest BCUT2D eigenvalue weighted by Gasteiger charge is -2.44. The molecular weight excluding hydrogens is 406 g/mol. The van der Waals surface area contributed by atoms with Crippen molar-refractivity contribution in [3.63, 3.8) is 0 Å². The Morgan fingerprint density at radius 3 is 2.03 bits per heavy atom. The molecule has 3 atom stereocenters. The molecule has 3 aromatic carbocycles. The lowest BCUT2D eigenvalue weighted by molar-refractivity contribution is -0.151. The minimum absolute atomic E-state index is 0.128. The van der Waals surface area contributed by atoms with E-state index >= 15 is 0 Å². The maximum atomic E-state index is 13.3. The third-order valence-corrected chi connectivity index (χ3v) is 5.47. The number of carboxylic acids is 1. The number of carbonyl (C=O) groups excluding carboxylic acids is 1. The second kappa shape index (κ2) is 10.1. The topological polar surface area (TPSA) is 76.1 Å². The standard InChI is InChI=1S/C26H25NO5/c28-23(29)16-22-17-27(26(30)31-18-19-10-4-1-5-11-19)24(20-12-6-2-7-13-20)25(32-22)21-14-8-3-9-15-21/h1-15,22,24-25H,16-18H2,(H,28,29)/t22-,24+,25-/m0/s1. The molecule has 32 heavy (non-hydrogen) atoms. The van der Waals surface area contributed by atoms with Crippen molar-refractivity contribution in [2.24, 2.45) is 0 Å². The van der Waals surface area contributed by atoms with E-state index in [2.05, 4.69) is 0 Å². The van der Waals surface area contributed by atoms with E-state index in [-0.39, 0.29) is 19.6 Å². The summed E-state index contributed by atoms with van der Waals surface area (Å²) in [7, 11) is 0. The zero-order valence-electron chi connectivity index (χ0n) is 17.5. The van der Waals surface area contributed by atoms with Crippen LogP contribution in [0, 0.1) is 0 Å². The monoisotopic (exact) mass is 431 g/mol. The highest BCUT2D eigenvalue weighted by Crippen LogP contribution is 2.42. The third-order valence-electron chi connectivity index (χ3n) is 5.47. The lowest BCUT2D eigenvalue weighted by atomic mass is 9.92. The van der Waals surface area contributed by atoms with E-state index in [1.165, 1.54) is 0 Å². The molecular formula is C26H25NO5. The molecule has 0 spiro atoms. The second-order valence-corrected chi connectivity index (χ2v) is 7.74. The van der Waals surface area contributed by atoms with Gasteiger partial charge in [-0.3, -0.25) is 9.69 Å². The molecule has 6 heteroatoms. The van der Waals surface area contributed by atoms with E-state index in [9.17, 15) is 14.7 Å². The van der Waals surface area contributed by atoms with Gasteiger partial charge in [-0.05, 0) is 16.7 Å². The summed E-state index contributed by atoms with van der Waals surface area (Å²) in [5.74, 6) is -0.974. The summed E-state index contributed by atoms with van der Waals surface area (Å²) < 4.78 is 11.9. The first kappa shape index (κ1) is 21.6. The summed E-state index contributed by atoms with van der Waals surface area (Å²) in [5.41, 5.74) is 2.65. The fourth-order valence-electron chi connectivity index (χ4n) is 4.03. The summed E-state index contributed by atoms with van der Waals surface area (Å²) in [6.45, 7) is 0.265. The number of aliphatic carboxylic acids is 1. The van der Waals surface area contributed by atoms with Crippen molar-refractivity contribution < 1.29 is 24.2 Å². The van der Waals surface area contributed by atoms with Gasteiger partial charge in [-0.2, -0.15) is 0 Å². The number of carbonyl (C=O) groups is 2. The lowest BCUT2D eigenvalue weighted by Crippen LogP contribution is -2.49. The highest BCUT2D eigenvalue weighted by atomic mass is 16.6. The predicted molar refractivity (Wildman–Crippen MR) is 119 cm³/mol. The maximum Gasteiger partial charge on any atom is 0.410 e. The Morgan fingerprint density at radius 2 is 1.44 bits per heavy atom. The van der Waals surface area contributed by atoms with Crippen molar-refractivity contribution >= 4 is 12.1 Å². The molecule has 1 amide bonds. The van der Waals surface area contributed by atoms with E-state index in [0.717, 1.165) is 16.7 Å². The van der Waals surface area contributed by atoms with Gasteiger partial charge >= 0.3 is 12.1 Å². The van der Waals surface area contributed by atoms with Crippen molar-refractivity contribution in [2.45, 2.75) is 31.3 Å². The Balaban J connectivity index is 1.67. The first-order valence-corrected chi connectivity index (χ1v) is 10.6. The molecule has 0 radical (unpaired) electrons. The number of benzene rings is 3. The quantitative estimate of drug-likeness (QED) is 0.596. The summed E-state index contributed by atoms with van der Waals surface area (Å²) in [6.07, 6.45) is -1.88. The van der Waals surface area contributed by atoms with Gasteiger partial charge in [-0.1, -0.05) is 91.0 Å². The van der Waals surface area contributed by atoms with Gasteiger partial charge in [0.15, 0.2) is 0 Å². The van der Waals surface area contributed by atoms with Gasteiger partial charge in [-0.15, -0.1) is 0 Å². The first-order chi connectivity index (χ1) is 15.6. The molecule has 6 nitrogen and oxygen atoms in total. The highest BCUT2D eigenvalue weighted by molar-refractivity contribution is 5.70. The Labute approximate surface area is 187 Å². The molecule has 0 unspecified atom stereocenters. The van der Waals surface area contributed by atoms with Gasteiger partial charge in [0.2, 0.25) is 0 Å². The Hall–Kier alpha value is -3.64. The van der Waals surface area contributed by atoms with Crippen LogP contribution in [0.25, 0.3) is 0 Å². The number of ether oxygens (including phenoxy) is 2. The molecule has 1 aliphatic rings. The van der Waals surface area contributed by atoms with Gasteiger partial charge in [0.25, 0.3) is 0 Å². The molecule has 1 fully saturated rings. The second-order valence-electron chi connectivity index (χ2n) is 7.74. The molecule has 3 aromatic rings. The van der Waals surface area contributed by atoms with Gasteiger partial charge < -0.3 is 14.6 Å². The number of rotatable bonds is 6. The number of nitrogens with zero attached hydrogens (tertiary/aromatic N) is 1. The molecule has 1 heterocycles. The largest absolute Gasteiger partial charge is 0.481 e. The Morgan fingerprint density at radius 1 is 0.875 bits per heavy atom. The molecule has 0 bridgehead atoms. The third kappa shape index (κ3) is 5.15. The molecule has 4 rings (SSSR count). The van der Waals surface area contributed by atoms with Crippen LogP contribution >= 0.6 is 0 Å². The van der Waals surface area contributed by atoms with E-state index in [0.29, 0.717) is 0 Å². The number of carboxylic acid groups (broad SMARTS) is 1. The highest BCUT2D eigenvalue weighted by Gasteiger charge is 2.42. The van der Waals surface area contributed by atoms with Gasteiger partial charge in [0.1, 0.15) is 12.7 Å². The SMILES string of the molecule is O=C(O)C[C@H]1CN(C(=O)OCc2ccccc2)[C@H](c2ccccc2)[C@H](c2ccccc2)O1. The van der Waals surface area contributed by atoms with E-state index in [1.807, 2.05) is 91.0 Å². The number of hydrogen-bond acceptors (Lipinski definition) is 4. The molecule has 0 aromatic heterocycles. The maximum absolute atomic E-state index is 13.3. The normalized spacial score (nSPS) is 20.5. The molecule has 1 N–H and O–H groups in total. The van der Waals surface area contributed by atoms with E-state index in [4.69, 9.17) is 9.47 Å². The van der Waals surface area contributed by atoms with Crippen LogP contribution in [-0.4, -0.2) is 34.7 Å². The van der Waals surface area contributed by atoms with Crippen molar-refractivity contribution in [1.82, 2.24) is 4.90 Å². The summed E-state index contributed by atoms with van der Waals surface area (Å²) >= 11 is 0. The van der Waals surface area contributed by atoms with E-state index < -0.39 is 30.3 Å². The summed E-state index contributed by atoms with van der Waals surface area (Å²) in [4.78, 5) is 26.3. The van der Waals surface area contributed by atoms with Crippen LogP contribution in [0.15, 0.2) is 91.0 Å². The molecule has 164 valence electrons. The number of hydrogen-bond donors (Lipinski definition) is 1. The van der Waals surface area contributed by atoms with Gasteiger partial charge in [0.05, 0.1) is 25.1 Å². The average molecular weight is 431 g/mol. The first-order valence-electron chi connectivity index (χ1n) is 10.6. The number of morpholine rings is 1. The fraction of sp³-hybridized carbons (Fsp3) is 0.231. The van der Waals surface area contributed by atoms with Crippen LogP contribution in [-0.2, 0) is 20.9 Å². The van der Waals surface area contributed by atoms with E-state index in [1.54, 1.807) is 4.90 Å². The smallest absolute Gasteiger partial charge is 0.410 e.